The Kier molecular flexibility index (Phi) is 4.34. The van der Waals surface area contributed by atoms with Gasteiger partial charge in [0.25, 0.3) is 0 Å². The van der Waals surface area contributed by atoms with Gasteiger partial charge in [0, 0.05) is 34.9 Å². The zero-order valence-electron chi connectivity index (χ0n) is 16.2. The van der Waals surface area contributed by atoms with Crippen LogP contribution < -0.4 is 0 Å². The summed E-state index contributed by atoms with van der Waals surface area (Å²) < 4.78 is 24.0. The minimum atomic E-state index is -2.10. The molecule has 3 saturated heterocycles. The molecule has 31 heavy (non-hydrogen) atoms. The third-order valence-corrected chi connectivity index (χ3v) is 7.54. The topological polar surface area (TPSA) is 132 Å². The molecule has 1 aromatic carbocycles. The molecule has 0 amide bonds. The van der Waals surface area contributed by atoms with E-state index < -0.39 is 40.3 Å². The zero-order valence-corrected chi connectivity index (χ0v) is 17.7. The Morgan fingerprint density at radius 2 is 1.74 bits per heavy atom. The molecular formula is C21H16Cl2N4O4. The van der Waals surface area contributed by atoms with Gasteiger partial charge in [-0.2, -0.15) is 15.8 Å². The van der Waals surface area contributed by atoms with Gasteiger partial charge in [-0.1, -0.05) is 29.3 Å². The van der Waals surface area contributed by atoms with E-state index in [1.165, 1.54) is 6.07 Å². The second-order valence-corrected chi connectivity index (χ2v) is 9.07. The van der Waals surface area contributed by atoms with Crippen LogP contribution in [0.1, 0.15) is 30.9 Å². The van der Waals surface area contributed by atoms with Crippen LogP contribution in [0.2, 0.25) is 10.0 Å². The number of nitrogens with zero attached hydrogens (tertiary/aromatic N) is 3. The van der Waals surface area contributed by atoms with E-state index in [9.17, 15) is 15.8 Å². The Morgan fingerprint density at radius 1 is 1.03 bits per heavy atom. The lowest BCUT2D eigenvalue weighted by Crippen LogP contribution is -2.63. The van der Waals surface area contributed by atoms with Crippen molar-refractivity contribution in [2.45, 2.75) is 36.9 Å². The Balaban J connectivity index is 1.74. The van der Waals surface area contributed by atoms with Gasteiger partial charge in [0.1, 0.15) is 6.10 Å². The van der Waals surface area contributed by atoms with Crippen molar-refractivity contribution < 1.29 is 18.9 Å². The summed E-state index contributed by atoms with van der Waals surface area (Å²) in [7, 11) is 0. The van der Waals surface area contributed by atoms with Crippen LogP contribution in [0.25, 0.3) is 0 Å². The first-order chi connectivity index (χ1) is 14.8. The fraction of sp³-hybridized carbons (Fsp3) is 0.524. The van der Waals surface area contributed by atoms with E-state index in [-0.39, 0.29) is 17.9 Å². The fourth-order valence-corrected chi connectivity index (χ4v) is 6.05. The van der Waals surface area contributed by atoms with E-state index in [1.807, 2.05) is 12.1 Å². The molecular weight excluding hydrogens is 443 g/mol. The molecule has 1 aliphatic carbocycles. The Hall–Kier alpha value is -2.38. The largest absolute Gasteiger partial charge is 0.447 e. The van der Waals surface area contributed by atoms with Gasteiger partial charge in [-0.25, -0.2) is 0 Å². The number of hydrogen-bond donors (Lipinski definition) is 1. The smallest absolute Gasteiger partial charge is 0.218 e. The highest BCUT2D eigenvalue weighted by atomic mass is 35.5. The fourth-order valence-electron chi connectivity index (χ4n) is 5.54. The van der Waals surface area contributed by atoms with Gasteiger partial charge in [-0.15, -0.1) is 0 Å². The van der Waals surface area contributed by atoms with Crippen LogP contribution in [-0.4, -0.2) is 30.7 Å². The van der Waals surface area contributed by atoms with Crippen LogP contribution in [0.3, 0.4) is 0 Å². The maximum atomic E-state index is 10.4. The summed E-state index contributed by atoms with van der Waals surface area (Å²) >= 11 is 12.4. The summed E-state index contributed by atoms with van der Waals surface area (Å²) in [5.74, 6) is -3.59. The van der Waals surface area contributed by atoms with Crippen LogP contribution in [0.4, 0.5) is 0 Å². The minimum absolute atomic E-state index is 0.162. The molecule has 158 valence electrons. The zero-order chi connectivity index (χ0) is 22.1. The van der Waals surface area contributed by atoms with Crippen LogP contribution in [0.5, 0.6) is 0 Å². The summed E-state index contributed by atoms with van der Waals surface area (Å²) in [4.78, 5) is 0. The third-order valence-electron chi connectivity index (χ3n) is 6.98. The molecule has 5 rings (SSSR count). The number of halogens is 2. The standard InChI is InChI=1S/C21H16Cl2N4O4/c22-12-1-2-13(14(23)7-12)16-18(9-24,10-25)20(11-26)15-8-19(28-5-6-29-19)3-4-21(15,30-16)31-17(20)27/h1-2,7,15-16,27H,3-6,8H2. The quantitative estimate of drug-likeness (QED) is 0.675. The molecule has 4 unspecified atom stereocenters. The number of hydrogen-bond acceptors (Lipinski definition) is 8. The average Bonchev–Trinajstić information content (AvgIpc) is 3.28. The van der Waals surface area contributed by atoms with Crippen LogP contribution in [-0.2, 0) is 18.9 Å². The normalized spacial score (nSPS) is 36.7. The molecule has 4 aliphatic rings. The van der Waals surface area contributed by atoms with E-state index in [0.29, 0.717) is 30.2 Å². The molecule has 1 N–H and O–H groups in total. The third kappa shape index (κ3) is 2.36. The molecule has 1 saturated carbocycles. The number of ether oxygens (including phenoxy) is 4. The highest BCUT2D eigenvalue weighted by Gasteiger charge is 2.82. The molecule has 3 heterocycles. The number of benzene rings is 1. The van der Waals surface area contributed by atoms with Gasteiger partial charge in [-0.3, -0.25) is 5.41 Å². The number of rotatable bonds is 1. The molecule has 2 bridgehead atoms. The lowest BCUT2D eigenvalue weighted by molar-refractivity contribution is -0.330. The first kappa shape index (κ1) is 20.5. The molecule has 1 aromatic rings. The highest BCUT2D eigenvalue weighted by molar-refractivity contribution is 6.35. The highest BCUT2D eigenvalue weighted by Crippen LogP contribution is 2.71. The van der Waals surface area contributed by atoms with Crippen LogP contribution in [0, 0.1) is 56.2 Å². The second kappa shape index (κ2) is 6.56. The van der Waals surface area contributed by atoms with E-state index in [1.54, 1.807) is 12.1 Å². The average molecular weight is 459 g/mol. The summed E-state index contributed by atoms with van der Waals surface area (Å²) in [6.45, 7) is 0.812. The summed E-state index contributed by atoms with van der Waals surface area (Å²) in [6, 6.07) is 10.8. The number of nitriles is 3. The first-order valence-corrected chi connectivity index (χ1v) is 10.5. The minimum Gasteiger partial charge on any atom is -0.447 e. The van der Waals surface area contributed by atoms with Crippen molar-refractivity contribution in [2.75, 3.05) is 13.2 Å². The lowest BCUT2D eigenvalue weighted by Gasteiger charge is -2.54. The van der Waals surface area contributed by atoms with E-state index in [0.717, 1.165) is 0 Å². The molecule has 10 heteroatoms. The van der Waals surface area contributed by atoms with Gasteiger partial charge in [0.15, 0.2) is 11.2 Å². The Morgan fingerprint density at radius 3 is 2.35 bits per heavy atom. The molecule has 0 radical (unpaired) electrons. The van der Waals surface area contributed by atoms with E-state index >= 15 is 0 Å². The Labute approximate surface area is 188 Å². The Bertz CT molecular complexity index is 1100. The molecule has 4 fully saturated rings. The molecule has 3 aliphatic heterocycles. The van der Waals surface area contributed by atoms with Crippen molar-refractivity contribution in [1.29, 1.82) is 21.2 Å². The SMILES string of the molecule is N#CC1(C#N)C(c2ccc(Cl)cc2Cl)OC23CCC4(CC2C1(C#N)C(=N)O3)OCCO4. The number of nitrogens with one attached hydrogen (secondary N) is 1. The van der Waals surface area contributed by atoms with Crippen LogP contribution >= 0.6 is 23.2 Å². The summed E-state index contributed by atoms with van der Waals surface area (Å²) in [5.41, 5.74) is -3.66. The van der Waals surface area contributed by atoms with Crippen molar-refractivity contribution in [3.8, 4) is 18.2 Å². The predicted molar refractivity (Wildman–Crippen MR) is 106 cm³/mol. The lowest BCUT2D eigenvalue weighted by atomic mass is 9.51. The van der Waals surface area contributed by atoms with Gasteiger partial charge >= 0.3 is 0 Å². The van der Waals surface area contributed by atoms with Crippen molar-refractivity contribution in [2.24, 2.45) is 16.7 Å². The van der Waals surface area contributed by atoms with Crippen molar-refractivity contribution >= 4 is 29.1 Å². The summed E-state index contributed by atoms with van der Waals surface area (Å²) in [5, 5.41) is 40.2. The first-order valence-electron chi connectivity index (χ1n) is 9.74. The van der Waals surface area contributed by atoms with Crippen molar-refractivity contribution in [1.82, 2.24) is 0 Å². The predicted octanol–water partition coefficient (Wildman–Crippen LogP) is 3.86. The van der Waals surface area contributed by atoms with Crippen molar-refractivity contribution in [3.05, 3.63) is 33.8 Å². The summed E-state index contributed by atoms with van der Waals surface area (Å²) in [6.07, 6.45) is -0.385. The van der Waals surface area contributed by atoms with E-state index in [4.69, 9.17) is 47.6 Å². The van der Waals surface area contributed by atoms with Gasteiger partial charge < -0.3 is 18.9 Å². The van der Waals surface area contributed by atoms with E-state index in [2.05, 4.69) is 6.07 Å². The van der Waals surface area contributed by atoms with Crippen LogP contribution in [0.15, 0.2) is 18.2 Å². The molecule has 1 spiro atoms. The maximum Gasteiger partial charge on any atom is 0.218 e. The van der Waals surface area contributed by atoms with Gasteiger partial charge in [0.05, 0.1) is 37.3 Å². The van der Waals surface area contributed by atoms with Crippen molar-refractivity contribution in [3.63, 3.8) is 0 Å². The molecule has 8 nitrogen and oxygen atoms in total. The maximum absolute atomic E-state index is 10.4. The second-order valence-electron chi connectivity index (χ2n) is 8.22. The molecule has 0 aromatic heterocycles. The van der Waals surface area contributed by atoms with Gasteiger partial charge in [0.2, 0.25) is 17.1 Å². The monoisotopic (exact) mass is 458 g/mol. The van der Waals surface area contributed by atoms with Gasteiger partial charge in [-0.05, 0) is 12.1 Å². The molecule has 4 atom stereocenters.